The molecule has 0 radical (unpaired) electrons. The Morgan fingerprint density at radius 2 is 1.93 bits per heavy atom. The highest BCUT2D eigenvalue weighted by atomic mass is 127. The molecule has 10 heteroatoms. The second-order valence-corrected chi connectivity index (χ2v) is 8.80. The molecule has 1 heterocycles. The number of hydrogen-bond donors (Lipinski definition) is 1. The lowest BCUT2D eigenvalue weighted by molar-refractivity contribution is -0.119. The zero-order valence-corrected chi connectivity index (χ0v) is 17.2. The average molecular weight is 501 g/mol. The summed E-state index contributed by atoms with van der Waals surface area (Å²) in [6.45, 7) is -0.204. The first-order valence-electron chi connectivity index (χ1n) is 7.78. The molecule has 0 atom stereocenters. The third-order valence-corrected chi connectivity index (χ3v) is 5.46. The van der Waals surface area contributed by atoms with Crippen LogP contribution in [0, 0.1) is 3.57 Å². The second-order valence-electron chi connectivity index (χ2n) is 5.65. The Morgan fingerprint density at radius 3 is 2.63 bits per heavy atom. The van der Waals surface area contributed by atoms with Crippen molar-refractivity contribution in [3.63, 3.8) is 0 Å². The Hall–Kier alpha value is -2.34. The quantitative estimate of drug-likeness (QED) is 0.371. The van der Waals surface area contributed by atoms with E-state index < -0.39 is 15.9 Å². The van der Waals surface area contributed by atoms with Gasteiger partial charge in [0.1, 0.15) is 6.54 Å². The van der Waals surface area contributed by atoms with E-state index >= 15 is 0 Å². The number of carbonyl (C=O) groups is 1. The van der Waals surface area contributed by atoms with Crippen molar-refractivity contribution in [2.45, 2.75) is 0 Å². The van der Waals surface area contributed by atoms with E-state index in [9.17, 15) is 13.2 Å². The minimum absolute atomic E-state index is 0.173. The molecule has 0 saturated heterocycles. The number of amides is 1. The van der Waals surface area contributed by atoms with Gasteiger partial charge in [0.15, 0.2) is 11.5 Å². The molecule has 142 valence electrons. The third kappa shape index (κ3) is 5.10. The fourth-order valence-electron chi connectivity index (χ4n) is 2.35. The first-order valence-corrected chi connectivity index (χ1v) is 10.7. The molecule has 0 saturated carbocycles. The Bertz CT molecular complexity index is 977. The van der Waals surface area contributed by atoms with E-state index in [0.29, 0.717) is 22.7 Å². The van der Waals surface area contributed by atoms with Crippen LogP contribution in [-0.2, 0) is 14.8 Å². The number of fused-ring (bicyclic) bond motifs is 1. The molecule has 0 unspecified atom stereocenters. The Kier molecular flexibility index (Phi) is 5.85. The average Bonchev–Trinajstić information content (AvgIpc) is 3.07. The highest BCUT2D eigenvalue weighted by Gasteiger charge is 2.20. The SMILES string of the molecule is CS(=O)(=O)N(CC(=O)N/N=C\c1ccc2c(c1)OCO2)c1ccc(I)cc1. The molecule has 3 rings (SSSR count). The monoisotopic (exact) mass is 501 g/mol. The standard InChI is InChI=1S/C17H16IN3O5S/c1-27(23,24)21(14-5-3-13(18)4-6-14)10-17(22)20-19-9-12-2-7-15-16(8-12)26-11-25-15/h2-9H,10-11H2,1H3,(H,20,22)/b19-9-. The van der Waals surface area contributed by atoms with Crippen LogP contribution in [0.5, 0.6) is 11.5 Å². The van der Waals surface area contributed by atoms with E-state index in [2.05, 4.69) is 33.1 Å². The zero-order chi connectivity index (χ0) is 19.4. The summed E-state index contributed by atoms with van der Waals surface area (Å²) in [6, 6.07) is 12.1. The van der Waals surface area contributed by atoms with Crippen LogP contribution in [0.15, 0.2) is 47.6 Å². The lowest BCUT2D eigenvalue weighted by Gasteiger charge is -2.21. The predicted molar refractivity (Wildman–Crippen MR) is 110 cm³/mol. The number of anilines is 1. The smallest absolute Gasteiger partial charge is 0.260 e. The van der Waals surface area contributed by atoms with Crippen molar-refractivity contribution in [1.29, 1.82) is 0 Å². The van der Waals surface area contributed by atoms with Gasteiger partial charge in [-0.05, 0) is 70.6 Å². The van der Waals surface area contributed by atoms with Crippen LogP contribution in [0.1, 0.15) is 5.56 Å². The summed E-state index contributed by atoms with van der Waals surface area (Å²) in [6.07, 6.45) is 2.49. The molecule has 2 aromatic rings. The molecule has 1 aliphatic heterocycles. The predicted octanol–water partition coefficient (Wildman–Crippen LogP) is 1.94. The normalized spacial score (nSPS) is 13.0. The minimum Gasteiger partial charge on any atom is -0.454 e. The highest BCUT2D eigenvalue weighted by molar-refractivity contribution is 14.1. The van der Waals surface area contributed by atoms with E-state index in [1.165, 1.54) is 6.21 Å². The van der Waals surface area contributed by atoms with Gasteiger partial charge in [-0.25, -0.2) is 13.8 Å². The molecule has 1 aliphatic rings. The molecule has 2 aromatic carbocycles. The third-order valence-electron chi connectivity index (χ3n) is 3.60. The maximum absolute atomic E-state index is 12.1. The zero-order valence-electron chi connectivity index (χ0n) is 14.3. The van der Waals surface area contributed by atoms with Crippen LogP contribution in [-0.4, -0.2) is 40.1 Å². The van der Waals surface area contributed by atoms with Crippen molar-refractivity contribution >= 4 is 50.4 Å². The number of rotatable bonds is 6. The number of halogens is 1. The molecule has 0 spiro atoms. The van der Waals surface area contributed by atoms with Crippen molar-refractivity contribution in [2.24, 2.45) is 5.10 Å². The Labute approximate surface area is 170 Å². The van der Waals surface area contributed by atoms with Crippen molar-refractivity contribution in [3.05, 3.63) is 51.6 Å². The largest absolute Gasteiger partial charge is 0.454 e. The van der Waals surface area contributed by atoms with Gasteiger partial charge in [-0.1, -0.05) is 0 Å². The second kappa shape index (κ2) is 8.13. The fourth-order valence-corrected chi connectivity index (χ4v) is 3.56. The van der Waals surface area contributed by atoms with E-state index in [0.717, 1.165) is 14.1 Å². The number of hydrogen-bond acceptors (Lipinski definition) is 6. The van der Waals surface area contributed by atoms with Crippen molar-refractivity contribution in [2.75, 3.05) is 23.9 Å². The van der Waals surface area contributed by atoms with E-state index in [1.54, 1.807) is 42.5 Å². The van der Waals surface area contributed by atoms with E-state index in [1.807, 2.05) is 0 Å². The van der Waals surface area contributed by atoms with Gasteiger partial charge in [-0.3, -0.25) is 9.10 Å². The van der Waals surface area contributed by atoms with E-state index in [4.69, 9.17) is 9.47 Å². The fraction of sp³-hybridized carbons (Fsp3) is 0.176. The summed E-state index contributed by atoms with van der Waals surface area (Å²) in [7, 11) is -3.62. The molecular formula is C17H16IN3O5S. The first-order chi connectivity index (χ1) is 12.8. The van der Waals surface area contributed by atoms with Crippen LogP contribution < -0.4 is 19.2 Å². The molecule has 0 aliphatic carbocycles. The molecule has 1 amide bonds. The van der Waals surface area contributed by atoms with Gasteiger partial charge in [0.25, 0.3) is 5.91 Å². The number of sulfonamides is 1. The number of hydrazone groups is 1. The van der Waals surface area contributed by atoms with Crippen LogP contribution in [0.4, 0.5) is 5.69 Å². The topological polar surface area (TPSA) is 97.3 Å². The number of benzene rings is 2. The first kappa shape index (κ1) is 19.4. The van der Waals surface area contributed by atoms with Gasteiger partial charge < -0.3 is 9.47 Å². The van der Waals surface area contributed by atoms with E-state index in [-0.39, 0.29) is 13.3 Å². The van der Waals surface area contributed by atoms with Crippen molar-refractivity contribution in [3.8, 4) is 11.5 Å². The van der Waals surface area contributed by atoms with Gasteiger partial charge in [0.05, 0.1) is 18.2 Å². The lowest BCUT2D eigenvalue weighted by Crippen LogP contribution is -2.39. The van der Waals surface area contributed by atoms with Gasteiger partial charge >= 0.3 is 0 Å². The number of nitrogens with one attached hydrogen (secondary N) is 1. The van der Waals surface area contributed by atoms with Crippen molar-refractivity contribution < 1.29 is 22.7 Å². The van der Waals surface area contributed by atoms with Gasteiger partial charge in [-0.2, -0.15) is 5.10 Å². The molecule has 8 nitrogen and oxygen atoms in total. The molecule has 0 bridgehead atoms. The summed E-state index contributed by atoms with van der Waals surface area (Å²) in [5, 5.41) is 3.87. The number of carbonyl (C=O) groups excluding carboxylic acids is 1. The van der Waals surface area contributed by atoms with Crippen LogP contribution in [0.25, 0.3) is 0 Å². The minimum atomic E-state index is -3.62. The number of nitrogens with zero attached hydrogens (tertiary/aromatic N) is 2. The van der Waals surface area contributed by atoms with Gasteiger partial charge in [0, 0.05) is 3.57 Å². The summed E-state index contributed by atoms with van der Waals surface area (Å²) in [4.78, 5) is 12.1. The van der Waals surface area contributed by atoms with Gasteiger partial charge in [0.2, 0.25) is 16.8 Å². The maximum atomic E-state index is 12.1. The Morgan fingerprint density at radius 1 is 1.22 bits per heavy atom. The van der Waals surface area contributed by atoms with Crippen LogP contribution >= 0.6 is 22.6 Å². The summed E-state index contributed by atoms with van der Waals surface area (Å²) >= 11 is 2.12. The molecule has 1 N–H and O–H groups in total. The highest BCUT2D eigenvalue weighted by Crippen LogP contribution is 2.31. The van der Waals surface area contributed by atoms with Gasteiger partial charge in [-0.15, -0.1) is 0 Å². The summed E-state index contributed by atoms with van der Waals surface area (Å²) in [5.41, 5.74) is 3.45. The lowest BCUT2D eigenvalue weighted by atomic mass is 10.2. The summed E-state index contributed by atoms with van der Waals surface area (Å²) in [5.74, 6) is 0.695. The molecule has 0 aromatic heterocycles. The number of ether oxygens (including phenoxy) is 2. The molecule has 27 heavy (non-hydrogen) atoms. The molecular weight excluding hydrogens is 485 g/mol. The van der Waals surface area contributed by atoms with Crippen molar-refractivity contribution in [1.82, 2.24) is 5.43 Å². The molecule has 0 fully saturated rings. The van der Waals surface area contributed by atoms with Crippen LogP contribution in [0.2, 0.25) is 0 Å². The van der Waals surface area contributed by atoms with Crippen LogP contribution in [0.3, 0.4) is 0 Å². The Balaban J connectivity index is 1.65. The maximum Gasteiger partial charge on any atom is 0.260 e. The summed E-state index contributed by atoms with van der Waals surface area (Å²) < 4.78 is 36.5.